The second-order valence-corrected chi connectivity index (χ2v) is 7.73. The Labute approximate surface area is 147 Å². The highest BCUT2D eigenvalue weighted by molar-refractivity contribution is 7.99. The van der Waals surface area contributed by atoms with E-state index in [0.29, 0.717) is 36.7 Å². The predicted octanol–water partition coefficient (Wildman–Crippen LogP) is 3.19. The summed E-state index contributed by atoms with van der Waals surface area (Å²) in [5, 5.41) is 12.3. The van der Waals surface area contributed by atoms with Gasteiger partial charge in [0.05, 0.1) is 6.61 Å². The molecular formula is C18H25NO4S. The topological polar surface area (TPSA) is 75.6 Å². The molecule has 1 aromatic rings. The summed E-state index contributed by atoms with van der Waals surface area (Å²) in [6.45, 7) is 4.92. The Kier molecular flexibility index (Phi) is 6.54. The Balaban J connectivity index is 1.97. The van der Waals surface area contributed by atoms with E-state index in [0.717, 1.165) is 17.9 Å². The molecule has 1 saturated heterocycles. The van der Waals surface area contributed by atoms with Gasteiger partial charge in [0.25, 0.3) is 5.91 Å². The second kappa shape index (κ2) is 8.42. The molecule has 1 heterocycles. The van der Waals surface area contributed by atoms with Crippen molar-refractivity contribution in [3.63, 3.8) is 0 Å². The number of thioether (sulfide) groups is 1. The number of nitrogens with one attached hydrogen (secondary N) is 1. The molecule has 1 aliphatic rings. The third kappa shape index (κ3) is 4.90. The molecular weight excluding hydrogens is 326 g/mol. The second-order valence-electron chi connectivity index (χ2n) is 6.51. The van der Waals surface area contributed by atoms with Gasteiger partial charge in [-0.05, 0) is 61.0 Å². The lowest BCUT2D eigenvalue weighted by Crippen LogP contribution is -2.56. The highest BCUT2D eigenvalue weighted by Gasteiger charge is 2.41. The van der Waals surface area contributed by atoms with E-state index in [2.05, 4.69) is 19.2 Å². The molecule has 5 nitrogen and oxygen atoms in total. The van der Waals surface area contributed by atoms with Crippen LogP contribution in [0.25, 0.3) is 0 Å². The van der Waals surface area contributed by atoms with Crippen LogP contribution >= 0.6 is 11.8 Å². The maximum atomic E-state index is 12.4. The lowest BCUT2D eigenvalue weighted by Gasteiger charge is -2.33. The number of amides is 1. The van der Waals surface area contributed by atoms with Gasteiger partial charge in [0, 0.05) is 5.56 Å². The summed E-state index contributed by atoms with van der Waals surface area (Å²) < 4.78 is 5.63. The van der Waals surface area contributed by atoms with Crippen molar-refractivity contribution in [1.29, 1.82) is 0 Å². The quantitative estimate of drug-likeness (QED) is 0.789. The first-order valence-corrected chi connectivity index (χ1v) is 9.45. The Morgan fingerprint density at radius 2 is 1.88 bits per heavy atom. The molecule has 0 bridgehead atoms. The zero-order valence-electron chi connectivity index (χ0n) is 14.2. The van der Waals surface area contributed by atoms with Gasteiger partial charge in [0.2, 0.25) is 0 Å². The third-order valence-electron chi connectivity index (χ3n) is 4.19. The van der Waals surface area contributed by atoms with Crippen LogP contribution in [0, 0.1) is 5.92 Å². The average Bonchev–Trinajstić information content (AvgIpc) is 2.56. The number of carboxylic acids is 1. The number of ether oxygens (including phenoxy) is 1. The SMILES string of the molecule is CC(C)CCOc1ccc(C(=O)NC2(C(=O)O)CCSCC2)cc1. The molecule has 6 heteroatoms. The van der Waals surface area contributed by atoms with Gasteiger partial charge in [-0.2, -0.15) is 11.8 Å². The smallest absolute Gasteiger partial charge is 0.329 e. The van der Waals surface area contributed by atoms with E-state index in [1.54, 1.807) is 36.0 Å². The number of aliphatic carboxylic acids is 1. The first-order valence-electron chi connectivity index (χ1n) is 8.29. The lowest BCUT2D eigenvalue weighted by molar-refractivity contribution is -0.144. The number of rotatable bonds is 7. The van der Waals surface area contributed by atoms with E-state index in [4.69, 9.17) is 4.74 Å². The largest absolute Gasteiger partial charge is 0.494 e. The van der Waals surface area contributed by atoms with Gasteiger partial charge in [-0.25, -0.2) is 4.79 Å². The number of benzene rings is 1. The van der Waals surface area contributed by atoms with Crippen LogP contribution in [-0.2, 0) is 4.79 Å². The fraction of sp³-hybridized carbons (Fsp3) is 0.556. The first kappa shape index (κ1) is 18.6. The van der Waals surface area contributed by atoms with E-state index >= 15 is 0 Å². The van der Waals surface area contributed by atoms with Crippen LogP contribution in [0.2, 0.25) is 0 Å². The van der Waals surface area contributed by atoms with Crippen molar-refractivity contribution in [1.82, 2.24) is 5.32 Å². The summed E-state index contributed by atoms with van der Waals surface area (Å²) in [6.07, 6.45) is 1.88. The van der Waals surface area contributed by atoms with Crippen molar-refractivity contribution < 1.29 is 19.4 Å². The molecule has 0 aliphatic carbocycles. The standard InChI is InChI=1S/C18H25NO4S/c1-13(2)7-10-23-15-5-3-14(4-6-15)16(20)19-18(17(21)22)8-11-24-12-9-18/h3-6,13H,7-12H2,1-2H3,(H,19,20)(H,21,22). The normalized spacial score (nSPS) is 16.6. The van der Waals surface area contributed by atoms with Crippen LogP contribution in [0.1, 0.15) is 43.5 Å². The zero-order valence-corrected chi connectivity index (χ0v) is 15.0. The summed E-state index contributed by atoms with van der Waals surface area (Å²) in [5.74, 6) is 1.48. The Morgan fingerprint density at radius 3 is 2.42 bits per heavy atom. The van der Waals surface area contributed by atoms with Crippen molar-refractivity contribution in [3.05, 3.63) is 29.8 Å². The highest BCUT2D eigenvalue weighted by Crippen LogP contribution is 2.28. The molecule has 0 radical (unpaired) electrons. The molecule has 1 fully saturated rings. The van der Waals surface area contributed by atoms with Gasteiger partial charge in [0.1, 0.15) is 11.3 Å². The van der Waals surface area contributed by atoms with Crippen molar-refractivity contribution in [2.75, 3.05) is 18.1 Å². The van der Waals surface area contributed by atoms with Crippen LogP contribution < -0.4 is 10.1 Å². The van der Waals surface area contributed by atoms with Gasteiger partial charge < -0.3 is 15.2 Å². The number of carbonyl (C=O) groups excluding carboxylic acids is 1. The molecule has 0 spiro atoms. The maximum absolute atomic E-state index is 12.4. The fourth-order valence-electron chi connectivity index (χ4n) is 2.52. The minimum absolute atomic E-state index is 0.349. The molecule has 1 aromatic carbocycles. The van der Waals surface area contributed by atoms with E-state index in [1.165, 1.54) is 0 Å². The Hall–Kier alpha value is -1.69. The summed E-state index contributed by atoms with van der Waals surface area (Å²) in [4.78, 5) is 24.0. The van der Waals surface area contributed by atoms with E-state index in [9.17, 15) is 14.7 Å². The first-order chi connectivity index (χ1) is 11.4. The van der Waals surface area contributed by atoms with Crippen LogP contribution in [0.5, 0.6) is 5.75 Å². The molecule has 2 rings (SSSR count). The number of carboxylic acid groups (broad SMARTS) is 1. The number of carbonyl (C=O) groups is 2. The molecule has 24 heavy (non-hydrogen) atoms. The van der Waals surface area contributed by atoms with Crippen LogP contribution in [0.4, 0.5) is 0 Å². The van der Waals surface area contributed by atoms with Gasteiger partial charge >= 0.3 is 5.97 Å². The van der Waals surface area contributed by atoms with Crippen molar-refractivity contribution in [2.45, 2.75) is 38.6 Å². The molecule has 1 amide bonds. The molecule has 0 saturated carbocycles. The van der Waals surface area contributed by atoms with Gasteiger partial charge in [0.15, 0.2) is 0 Å². The van der Waals surface area contributed by atoms with Gasteiger partial charge in [-0.1, -0.05) is 13.8 Å². The summed E-state index contributed by atoms with van der Waals surface area (Å²) in [5.41, 5.74) is -0.695. The highest BCUT2D eigenvalue weighted by atomic mass is 32.2. The molecule has 0 atom stereocenters. The minimum atomic E-state index is -1.14. The van der Waals surface area contributed by atoms with E-state index < -0.39 is 11.5 Å². The summed E-state index contributed by atoms with van der Waals surface area (Å²) in [7, 11) is 0. The van der Waals surface area contributed by atoms with Crippen LogP contribution in [-0.4, -0.2) is 40.6 Å². The van der Waals surface area contributed by atoms with Crippen molar-refractivity contribution >= 4 is 23.6 Å². The summed E-state index contributed by atoms with van der Waals surface area (Å²) >= 11 is 1.72. The minimum Gasteiger partial charge on any atom is -0.494 e. The molecule has 132 valence electrons. The molecule has 0 unspecified atom stereocenters. The van der Waals surface area contributed by atoms with E-state index in [1.807, 2.05) is 0 Å². The predicted molar refractivity (Wildman–Crippen MR) is 95.8 cm³/mol. The molecule has 1 aliphatic heterocycles. The van der Waals surface area contributed by atoms with E-state index in [-0.39, 0.29) is 5.91 Å². The third-order valence-corrected chi connectivity index (χ3v) is 5.17. The Morgan fingerprint density at radius 1 is 1.25 bits per heavy atom. The van der Waals surface area contributed by atoms with Crippen LogP contribution in [0.3, 0.4) is 0 Å². The summed E-state index contributed by atoms with van der Waals surface area (Å²) in [6, 6.07) is 6.85. The lowest BCUT2D eigenvalue weighted by atomic mass is 9.92. The number of hydrogen-bond acceptors (Lipinski definition) is 4. The van der Waals surface area contributed by atoms with Crippen LogP contribution in [0.15, 0.2) is 24.3 Å². The van der Waals surface area contributed by atoms with Gasteiger partial charge in [-0.15, -0.1) is 0 Å². The molecule has 0 aromatic heterocycles. The maximum Gasteiger partial charge on any atom is 0.329 e. The van der Waals surface area contributed by atoms with Crippen molar-refractivity contribution in [2.24, 2.45) is 5.92 Å². The fourth-order valence-corrected chi connectivity index (χ4v) is 3.71. The molecule has 2 N–H and O–H groups in total. The zero-order chi connectivity index (χ0) is 17.6. The van der Waals surface area contributed by atoms with Crippen molar-refractivity contribution in [3.8, 4) is 5.75 Å². The Bertz CT molecular complexity index is 565. The van der Waals surface area contributed by atoms with Gasteiger partial charge in [-0.3, -0.25) is 4.79 Å². The monoisotopic (exact) mass is 351 g/mol. The number of hydrogen-bond donors (Lipinski definition) is 2. The average molecular weight is 351 g/mol.